The number of rotatable bonds is 9. The second-order valence-corrected chi connectivity index (χ2v) is 8.15. The average molecular weight is 369 g/mol. The van der Waals surface area contributed by atoms with E-state index in [9.17, 15) is 4.79 Å². The lowest BCUT2D eigenvalue weighted by Crippen LogP contribution is -2.26. The van der Waals surface area contributed by atoms with Crippen molar-refractivity contribution in [1.29, 1.82) is 0 Å². The number of carbonyl (C=O) groups excluding carboxylic acids is 1. The lowest BCUT2D eigenvalue weighted by molar-refractivity contribution is -0.151. The predicted molar refractivity (Wildman–Crippen MR) is 109 cm³/mol. The van der Waals surface area contributed by atoms with E-state index in [0.29, 0.717) is 19.6 Å². The van der Waals surface area contributed by atoms with Crippen LogP contribution in [0, 0.1) is 11.3 Å². The molecule has 0 spiro atoms. The van der Waals surface area contributed by atoms with Crippen molar-refractivity contribution in [2.45, 2.75) is 53.2 Å². The van der Waals surface area contributed by atoms with Crippen molar-refractivity contribution < 1.29 is 14.3 Å². The molecule has 3 nitrogen and oxygen atoms in total. The summed E-state index contributed by atoms with van der Waals surface area (Å²) in [4.78, 5) is 12.6. The quantitative estimate of drug-likeness (QED) is 0.513. The number of carbonyl (C=O) groups is 1. The fourth-order valence-corrected chi connectivity index (χ4v) is 3.26. The van der Waals surface area contributed by atoms with Crippen molar-refractivity contribution in [1.82, 2.24) is 0 Å². The number of hydrogen-bond donors (Lipinski definition) is 0. The molecule has 0 saturated heterocycles. The second kappa shape index (κ2) is 10.3. The van der Waals surface area contributed by atoms with Crippen molar-refractivity contribution in [3.63, 3.8) is 0 Å². The van der Waals surface area contributed by atoms with Gasteiger partial charge in [0.15, 0.2) is 0 Å². The van der Waals surface area contributed by atoms with Gasteiger partial charge in [-0.2, -0.15) is 0 Å². The maximum absolute atomic E-state index is 12.6. The second-order valence-electron chi connectivity index (χ2n) is 8.15. The van der Waals surface area contributed by atoms with Gasteiger partial charge in [0.1, 0.15) is 0 Å². The van der Waals surface area contributed by atoms with Crippen LogP contribution in [0.15, 0.2) is 60.7 Å². The summed E-state index contributed by atoms with van der Waals surface area (Å²) in [5.41, 5.74) is 2.26. The summed E-state index contributed by atoms with van der Waals surface area (Å²) in [7, 11) is 0. The van der Waals surface area contributed by atoms with Gasteiger partial charge in [-0.3, -0.25) is 4.79 Å². The molecular weight excluding hydrogens is 336 g/mol. The molecule has 0 amide bonds. The number of esters is 1. The van der Waals surface area contributed by atoms with Gasteiger partial charge >= 0.3 is 5.97 Å². The van der Waals surface area contributed by atoms with Crippen LogP contribution in [0.1, 0.15) is 57.8 Å². The van der Waals surface area contributed by atoms with E-state index in [1.807, 2.05) is 43.3 Å². The Morgan fingerprint density at radius 3 is 2.11 bits per heavy atom. The fraction of sp³-hybridized carbons (Fsp3) is 0.458. The molecule has 0 bridgehead atoms. The first-order chi connectivity index (χ1) is 12.9. The van der Waals surface area contributed by atoms with Crippen LogP contribution in [0.5, 0.6) is 0 Å². The smallest absolute Gasteiger partial charge is 0.309 e. The molecule has 0 aliphatic carbocycles. The highest BCUT2D eigenvalue weighted by Crippen LogP contribution is 2.34. The first kappa shape index (κ1) is 21.2. The highest BCUT2D eigenvalue weighted by atomic mass is 16.5. The number of ether oxygens (including phenoxy) is 2. The van der Waals surface area contributed by atoms with Crippen LogP contribution in [0.2, 0.25) is 0 Å². The standard InChI is InChI=1S/C24H32O3/c1-5-26-23(25)21(17-24(2,3)4)16-22(20-14-10-7-11-15-20)27-18-19-12-8-6-9-13-19/h6-15,21-22H,5,16-18H2,1-4H3/t21-,22-/m0/s1. The van der Waals surface area contributed by atoms with Crippen molar-refractivity contribution in [2.24, 2.45) is 11.3 Å². The van der Waals surface area contributed by atoms with Gasteiger partial charge in [-0.15, -0.1) is 0 Å². The predicted octanol–water partition coefficient (Wildman–Crippen LogP) is 5.95. The molecule has 0 fully saturated rings. The topological polar surface area (TPSA) is 35.5 Å². The molecule has 0 radical (unpaired) electrons. The summed E-state index contributed by atoms with van der Waals surface area (Å²) in [6, 6.07) is 20.3. The van der Waals surface area contributed by atoms with Crippen molar-refractivity contribution in [3.05, 3.63) is 71.8 Å². The van der Waals surface area contributed by atoms with E-state index < -0.39 is 0 Å². The third-order valence-corrected chi connectivity index (χ3v) is 4.44. The molecule has 0 saturated carbocycles. The largest absolute Gasteiger partial charge is 0.466 e. The van der Waals surface area contributed by atoms with Gasteiger partial charge in [0, 0.05) is 0 Å². The highest BCUT2D eigenvalue weighted by molar-refractivity contribution is 5.72. The van der Waals surface area contributed by atoms with Crippen LogP contribution >= 0.6 is 0 Å². The van der Waals surface area contributed by atoms with E-state index >= 15 is 0 Å². The van der Waals surface area contributed by atoms with Gasteiger partial charge in [0.25, 0.3) is 0 Å². The molecule has 0 aliphatic rings. The third kappa shape index (κ3) is 7.56. The molecule has 2 aromatic rings. The zero-order chi connectivity index (χ0) is 19.7. The Balaban J connectivity index is 2.18. The Morgan fingerprint density at radius 1 is 0.963 bits per heavy atom. The molecule has 2 atom stereocenters. The van der Waals surface area contributed by atoms with Gasteiger partial charge in [0.05, 0.1) is 25.2 Å². The summed E-state index contributed by atoms with van der Waals surface area (Å²) < 4.78 is 11.6. The maximum Gasteiger partial charge on any atom is 0.309 e. The minimum atomic E-state index is -0.189. The van der Waals surface area contributed by atoms with Gasteiger partial charge in [-0.25, -0.2) is 0 Å². The zero-order valence-corrected chi connectivity index (χ0v) is 17.0. The molecule has 146 valence electrons. The SMILES string of the molecule is CCOC(=O)[C@@H](C[C@H](OCc1ccccc1)c1ccccc1)CC(C)(C)C. The van der Waals surface area contributed by atoms with E-state index in [-0.39, 0.29) is 23.4 Å². The minimum absolute atomic E-state index is 0.0398. The lowest BCUT2D eigenvalue weighted by Gasteiger charge is -2.28. The average Bonchev–Trinajstić information content (AvgIpc) is 2.65. The Morgan fingerprint density at radius 2 is 1.56 bits per heavy atom. The van der Waals surface area contributed by atoms with E-state index in [1.165, 1.54) is 0 Å². The summed E-state index contributed by atoms with van der Waals surface area (Å²) in [6.07, 6.45) is 1.24. The molecule has 0 heterocycles. The van der Waals surface area contributed by atoms with Crippen molar-refractivity contribution in [2.75, 3.05) is 6.61 Å². The molecule has 2 rings (SSSR count). The summed E-state index contributed by atoms with van der Waals surface area (Å²) in [6.45, 7) is 9.24. The first-order valence-electron chi connectivity index (χ1n) is 9.76. The minimum Gasteiger partial charge on any atom is -0.466 e. The van der Waals surface area contributed by atoms with E-state index in [1.54, 1.807) is 0 Å². The van der Waals surface area contributed by atoms with E-state index in [0.717, 1.165) is 17.5 Å². The molecule has 2 aromatic carbocycles. The summed E-state index contributed by atoms with van der Waals surface area (Å²) in [5.74, 6) is -0.317. The highest BCUT2D eigenvalue weighted by Gasteiger charge is 2.29. The Bertz CT molecular complexity index is 674. The van der Waals surface area contributed by atoms with Crippen LogP contribution in [0.3, 0.4) is 0 Å². The maximum atomic E-state index is 12.6. The molecule has 0 unspecified atom stereocenters. The van der Waals surface area contributed by atoms with Crippen LogP contribution in [-0.2, 0) is 20.9 Å². The fourth-order valence-electron chi connectivity index (χ4n) is 3.26. The lowest BCUT2D eigenvalue weighted by atomic mass is 9.81. The Labute approximate surface area is 163 Å². The number of benzene rings is 2. The van der Waals surface area contributed by atoms with Crippen LogP contribution < -0.4 is 0 Å². The number of hydrogen-bond acceptors (Lipinski definition) is 3. The Kier molecular flexibility index (Phi) is 8.05. The van der Waals surface area contributed by atoms with Crippen molar-refractivity contribution >= 4 is 5.97 Å². The van der Waals surface area contributed by atoms with Gasteiger partial charge in [-0.05, 0) is 36.3 Å². The third-order valence-electron chi connectivity index (χ3n) is 4.44. The monoisotopic (exact) mass is 368 g/mol. The molecule has 0 aliphatic heterocycles. The van der Waals surface area contributed by atoms with Gasteiger partial charge < -0.3 is 9.47 Å². The molecule has 3 heteroatoms. The first-order valence-corrected chi connectivity index (χ1v) is 9.76. The van der Waals surface area contributed by atoms with Crippen LogP contribution in [0.25, 0.3) is 0 Å². The molecule has 0 aromatic heterocycles. The summed E-state index contributed by atoms with van der Waals surface area (Å²) in [5, 5.41) is 0. The normalized spacial score (nSPS) is 13.8. The van der Waals surface area contributed by atoms with E-state index in [4.69, 9.17) is 9.47 Å². The zero-order valence-electron chi connectivity index (χ0n) is 17.0. The molecule has 27 heavy (non-hydrogen) atoms. The van der Waals surface area contributed by atoms with Crippen molar-refractivity contribution in [3.8, 4) is 0 Å². The van der Waals surface area contributed by atoms with Gasteiger partial charge in [0.2, 0.25) is 0 Å². The molecule has 0 N–H and O–H groups in total. The molecular formula is C24H32O3. The van der Waals surface area contributed by atoms with Crippen LogP contribution in [-0.4, -0.2) is 12.6 Å². The summed E-state index contributed by atoms with van der Waals surface area (Å²) >= 11 is 0. The van der Waals surface area contributed by atoms with E-state index in [2.05, 4.69) is 45.0 Å². The van der Waals surface area contributed by atoms with Gasteiger partial charge in [-0.1, -0.05) is 81.4 Å². The van der Waals surface area contributed by atoms with Crippen LogP contribution in [0.4, 0.5) is 0 Å². The Hall–Kier alpha value is -2.13.